The van der Waals surface area contributed by atoms with Gasteiger partial charge in [-0.3, -0.25) is 0 Å². The van der Waals surface area contributed by atoms with Gasteiger partial charge in [0.25, 0.3) is 0 Å². The number of nitrogen functional groups attached to an aromatic ring is 1. The van der Waals surface area contributed by atoms with E-state index in [1.54, 1.807) is 18.2 Å². The predicted molar refractivity (Wildman–Crippen MR) is 53.6 cm³/mol. The Morgan fingerprint density at radius 1 is 1.43 bits per heavy atom. The van der Waals surface area contributed by atoms with Crippen LogP contribution < -0.4 is 16.6 Å². The molecule has 6 N–H and O–H groups in total. The maximum absolute atomic E-state index is 9.07. The van der Waals surface area contributed by atoms with Crippen LogP contribution in [0, 0.1) is 0 Å². The molecule has 6 nitrogen and oxygen atoms in total. The average Bonchev–Trinajstić information content (AvgIpc) is 2.26. The Balaban J connectivity index is 2.50. The molecule has 1 rings (SSSR count). The van der Waals surface area contributed by atoms with Crippen LogP contribution in [-0.2, 0) is 0 Å². The minimum Gasteiger partial charge on any atom is -0.394 e. The van der Waals surface area contributed by atoms with E-state index in [1.165, 1.54) is 0 Å². The van der Waals surface area contributed by atoms with Crippen molar-refractivity contribution < 1.29 is 10.2 Å². The molecule has 0 saturated carbocycles. The molecular weight excluding hydrogens is 184 g/mol. The summed E-state index contributed by atoms with van der Waals surface area (Å²) in [7, 11) is 0. The molecule has 0 aliphatic carbocycles. The lowest BCUT2D eigenvalue weighted by molar-refractivity contribution is 0.105. The number of aliphatic hydroxyl groups is 2. The van der Waals surface area contributed by atoms with Crippen molar-refractivity contribution in [1.29, 1.82) is 0 Å². The molecular formula is C8H14N4O2. The van der Waals surface area contributed by atoms with Crippen molar-refractivity contribution in [2.45, 2.75) is 6.10 Å². The topological polar surface area (TPSA) is 103 Å². The minimum atomic E-state index is -0.786. The fourth-order valence-electron chi connectivity index (χ4n) is 0.900. The van der Waals surface area contributed by atoms with Gasteiger partial charge in [-0.2, -0.15) is 0 Å². The number of aliphatic hydroxyl groups excluding tert-OH is 2. The van der Waals surface area contributed by atoms with Gasteiger partial charge in [-0.15, -0.1) is 0 Å². The first-order valence-corrected chi connectivity index (χ1v) is 4.22. The molecule has 0 fully saturated rings. The van der Waals surface area contributed by atoms with E-state index in [2.05, 4.69) is 15.7 Å². The van der Waals surface area contributed by atoms with Gasteiger partial charge in [0.1, 0.15) is 11.6 Å². The van der Waals surface area contributed by atoms with Crippen LogP contribution in [0.4, 0.5) is 11.6 Å². The molecule has 1 heterocycles. The number of pyridine rings is 1. The molecule has 0 aromatic carbocycles. The normalized spacial score (nSPS) is 12.2. The van der Waals surface area contributed by atoms with Crippen molar-refractivity contribution in [3.63, 3.8) is 0 Å². The van der Waals surface area contributed by atoms with Crippen molar-refractivity contribution in [2.75, 3.05) is 23.9 Å². The van der Waals surface area contributed by atoms with Crippen LogP contribution in [0.15, 0.2) is 18.2 Å². The fraction of sp³-hybridized carbons (Fsp3) is 0.375. The highest BCUT2D eigenvalue weighted by atomic mass is 16.3. The van der Waals surface area contributed by atoms with Gasteiger partial charge < -0.3 is 21.0 Å². The van der Waals surface area contributed by atoms with Crippen molar-refractivity contribution in [3.8, 4) is 0 Å². The maximum atomic E-state index is 9.07. The van der Waals surface area contributed by atoms with E-state index < -0.39 is 6.10 Å². The number of nitrogens with zero attached hydrogens (tertiary/aromatic N) is 1. The third-order valence-corrected chi connectivity index (χ3v) is 1.63. The fourth-order valence-corrected chi connectivity index (χ4v) is 0.900. The van der Waals surface area contributed by atoms with E-state index in [0.29, 0.717) is 11.6 Å². The number of aromatic nitrogens is 1. The molecule has 14 heavy (non-hydrogen) atoms. The highest BCUT2D eigenvalue weighted by molar-refractivity contribution is 5.44. The standard InChI is InChI=1S/C8H14N4O2/c9-12-8-3-1-2-7(11-8)10-4-6(14)5-13/h1-3,6,13-14H,4-5,9H2,(H2,10,11,12). The van der Waals surface area contributed by atoms with E-state index in [-0.39, 0.29) is 13.2 Å². The first-order valence-electron chi connectivity index (χ1n) is 4.22. The Bertz CT molecular complexity index is 282. The molecule has 1 aromatic heterocycles. The minimum absolute atomic E-state index is 0.248. The van der Waals surface area contributed by atoms with Crippen LogP contribution in [0.5, 0.6) is 0 Å². The monoisotopic (exact) mass is 198 g/mol. The summed E-state index contributed by atoms with van der Waals surface area (Å²) in [6.45, 7) is -0.0284. The average molecular weight is 198 g/mol. The predicted octanol–water partition coefficient (Wildman–Crippen LogP) is -0.868. The number of rotatable bonds is 5. The lowest BCUT2D eigenvalue weighted by atomic mass is 10.3. The molecule has 0 bridgehead atoms. The number of hydrogen-bond donors (Lipinski definition) is 5. The van der Waals surface area contributed by atoms with Gasteiger partial charge in [0.2, 0.25) is 0 Å². The lowest BCUT2D eigenvalue weighted by Crippen LogP contribution is -2.23. The van der Waals surface area contributed by atoms with Crippen molar-refractivity contribution in [3.05, 3.63) is 18.2 Å². The van der Waals surface area contributed by atoms with E-state index in [4.69, 9.17) is 16.1 Å². The zero-order valence-electron chi connectivity index (χ0n) is 7.64. The van der Waals surface area contributed by atoms with Crippen LogP contribution >= 0.6 is 0 Å². The molecule has 0 aliphatic heterocycles. The van der Waals surface area contributed by atoms with Gasteiger partial charge in [-0.25, -0.2) is 10.8 Å². The molecule has 0 saturated heterocycles. The van der Waals surface area contributed by atoms with Crippen LogP contribution in [0.3, 0.4) is 0 Å². The Morgan fingerprint density at radius 3 is 2.79 bits per heavy atom. The van der Waals surface area contributed by atoms with E-state index in [1.807, 2.05) is 0 Å². The second-order valence-electron chi connectivity index (χ2n) is 2.77. The highest BCUT2D eigenvalue weighted by Gasteiger charge is 2.01. The molecule has 1 unspecified atom stereocenters. The van der Waals surface area contributed by atoms with Gasteiger partial charge in [0.15, 0.2) is 0 Å². The van der Waals surface area contributed by atoms with Gasteiger partial charge in [-0.05, 0) is 12.1 Å². The first-order chi connectivity index (χ1) is 6.76. The zero-order valence-corrected chi connectivity index (χ0v) is 7.64. The summed E-state index contributed by atoms with van der Waals surface area (Å²) >= 11 is 0. The van der Waals surface area contributed by atoms with E-state index >= 15 is 0 Å². The maximum Gasteiger partial charge on any atom is 0.142 e. The summed E-state index contributed by atoms with van der Waals surface area (Å²) in [5.41, 5.74) is 2.41. The Morgan fingerprint density at radius 2 is 2.14 bits per heavy atom. The molecule has 1 aromatic rings. The SMILES string of the molecule is NNc1cccc(NCC(O)CO)n1. The summed E-state index contributed by atoms with van der Waals surface area (Å²) in [4.78, 5) is 4.06. The van der Waals surface area contributed by atoms with Gasteiger partial charge in [0, 0.05) is 6.54 Å². The summed E-state index contributed by atoms with van der Waals surface area (Å²) in [6.07, 6.45) is -0.786. The van der Waals surface area contributed by atoms with Crippen LogP contribution in [-0.4, -0.2) is 34.5 Å². The van der Waals surface area contributed by atoms with Gasteiger partial charge in [0.05, 0.1) is 12.7 Å². The number of nitrogens with one attached hydrogen (secondary N) is 2. The van der Waals surface area contributed by atoms with Crippen LogP contribution in [0.25, 0.3) is 0 Å². The largest absolute Gasteiger partial charge is 0.394 e. The lowest BCUT2D eigenvalue weighted by Gasteiger charge is -2.09. The molecule has 6 heteroatoms. The number of nitrogens with two attached hydrogens (primary N) is 1. The third-order valence-electron chi connectivity index (χ3n) is 1.63. The first kappa shape index (κ1) is 10.7. The number of hydrogen-bond acceptors (Lipinski definition) is 6. The molecule has 78 valence electrons. The second kappa shape index (κ2) is 5.38. The Hall–Kier alpha value is -1.37. The van der Waals surface area contributed by atoms with Crippen LogP contribution in [0.2, 0.25) is 0 Å². The van der Waals surface area contributed by atoms with Gasteiger partial charge in [-0.1, -0.05) is 6.07 Å². The quantitative estimate of drug-likeness (QED) is 0.311. The molecule has 0 spiro atoms. The summed E-state index contributed by atoms with van der Waals surface area (Å²) in [5, 5.41) is 20.5. The van der Waals surface area contributed by atoms with Crippen molar-refractivity contribution in [1.82, 2.24) is 4.98 Å². The third kappa shape index (κ3) is 3.17. The highest BCUT2D eigenvalue weighted by Crippen LogP contribution is 2.07. The summed E-state index contributed by atoms with van der Waals surface area (Å²) < 4.78 is 0. The summed E-state index contributed by atoms with van der Waals surface area (Å²) in [5.74, 6) is 6.30. The Kier molecular flexibility index (Phi) is 4.11. The number of anilines is 2. The second-order valence-corrected chi connectivity index (χ2v) is 2.77. The van der Waals surface area contributed by atoms with Gasteiger partial charge >= 0.3 is 0 Å². The molecule has 1 atom stereocenters. The zero-order chi connectivity index (χ0) is 10.4. The van der Waals surface area contributed by atoms with E-state index in [9.17, 15) is 0 Å². The molecule has 0 aliphatic rings. The van der Waals surface area contributed by atoms with Crippen molar-refractivity contribution >= 4 is 11.6 Å². The molecule has 0 radical (unpaired) electrons. The molecule has 0 amide bonds. The Labute approximate surface area is 81.7 Å². The summed E-state index contributed by atoms with van der Waals surface area (Å²) in [6, 6.07) is 5.23. The van der Waals surface area contributed by atoms with Crippen LogP contribution in [0.1, 0.15) is 0 Å². The van der Waals surface area contributed by atoms with E-state index in [0.717, 1.165) is 0 Å². The smallest absolute Gasteiger partial charge is 0.142 e. The number of hydrazine groups is 1. The van der Waals surface area contributed by atoms with Crippen molar-refractivity contribution in [2.24, 2.45) is 5.84 Å².